The Labute approximate surface area is 151 Å². The summed E-state index contributed by atoms with van der Waals surface area (Å²) in [7, 11) is 0. The van der Waals surface area contributed by atoms with Gasteiger partial charge in [0, 0.05) is 45.3 Å². The molecule has 0 aromatic heterocycles. The third kappa shape index (κ3) is 5.76. The summed E-state index contributed by atoms with van der Waals surface area (Å²) in [5.74, 6) is 0.560. The van der Waals surface area contributed by atoms with Crippen LogP contribution in [0, 0.1) is 12.8 Å². The van der Waals surface area contributed by atoms with E-state index in [2.05, 4.69) is 49.9 Å². The molecule has 25 heavy (non-hydrogen) atoms. The van der Waals surface area contributed by atoms with Crippen molar-refractivity contribution < 1.29 is 9.59 Å². The van der Waals surface area contributed by atoms with Gasteiger partial charge in [0.15, 0.2) is 0 Å². The first-order valence-electron chi connectivity index (χ1n) is 9.21. The molecule has 1 aromatic rings. The predicted octanol–water partition coefficient (Wildman–Crippen LogP) is 2.54. The van der Waals surface area contributed by atoms with E-state index < -0.39 is 0 Å². The Morgan fingerprint density at radius 1 is 1.16 bits per heavy atom. The summed E-state index contributed by atoms with van der Waals surface area (Å²) < 4.78 is 0. The van der Waals surface area contributed by atoms with Crippen molar-refractivity contribution in [2.24, 2.45) is 5.92 Å². The Morgan fingerprint density at radius 3 is 2.40 bits per heavy atom. The van der Waals surface area contributed by atoms with Gasteiger partial charge in [0.1, 0.15) is 0 Å². The summed E-state index contributed by atoms with van der Waals surface area (Å²) in [6.07, 6.45) is 0.925. The molecular formula is C20H31N3O2. The zero-order chi connectivity index (χ0) is 18.4. The molecule has 1 aliphatic rings. The van der Waals surface area contributed by atoms with Gasteiger partial charge in [-0.15, -0.1) is 0 Å². The Kier molecular flexibility index (Phi) is 6.85. The Bertz CT molecular complexity index is 592. The summed E-state index contributed by atoms with van der Waals surface area (Å²) in [5, 5.41) is 0. The van der Waals surface area contributed by atoms with E-state index in [9.17, 15) is 9.59 Å². The van der Waals surface area contributed by atoms with Crippen molar-refractivity contribution in [2.45, 2.75) is 34.1 Å². The van der Waals surface area contributed by atoms with E-state index in [1.165, 1.54) is 11.3 Å². The number of nitrogens with zero attached hydrogens (tertiary/aromatic N) is 3. The maximum absolute atomic E-state index is 12.6. The Hall–Kier alpha value is -2.04. The van der Waals surface area contributed by atoms with Gasteiger partial charge >= 0.3 is 0 Å². The van der Waals surface area contributed by atoms with Crippen molar-refractivity contribution in [1.29, 1.82) is 0 Å². The zero-order valence-corrected chi connectivity index (χ0v) is 16.0. The van der Waals surface area contributed by atoms with Crippen LogP contribution in [0.5, 0.6) is 0 Å². The van der Waals surface area contributed by atoms with E-state index in [1.807, 2.05) is 4.90 Å². The molecule has 1 aromatic carbocycles. The molecule has 0 N–H and O–H groups in total. The second-order valence-electron chi connectivity index (χ2n) is 7.33. The molecule has 0 saturated carbocycles. The number of piperazine rings is 1. The van der Waals surface area contributed by atoms with E-state index in [4.69, 9.17) is 0 Å². The Morgan fingerprint density at radius 2 is 1.84 bits per heavy atom. The van der Waals surface area contributed by atoms with Crippen LogP contribution in [0.25, 0.3) is 0 Å². The van der Waals surface area contributed by atoms with E-state index in [-0.39, 0.29) is 18.4 Å². The first kappa shape index (κ1) is 19.3. The smallest absolute Gasteiger partial charge is 0.242 e. The van der Waals surface area contributed by atoms with Crippen LogP contribution in [0.15, 0.2) is 24.3 Å². The van der Waals surface area contributed by atoms with Gasteiger partial charge in [0.2, 0.25) is 11.8 Å². The number of carbonyl (C=O) groups excluding carboxylic acids is 2. The maximum atomic E-state index is 12.6. The van der Waals surface area contributed by atoms with Crippen LogP contribution >= 0.6 is 0 Å². The monoisotopic (exact) mass is 345 g/mol. The molecule has 0 bridgehead atoms. The normalized spacial score (nSPS) is 14.8. The molecule has 5 heteroatoms. The zero-order valence-electron chi connectivity index (χ0n) is 16.0. The second-order valence-corrected chi connectivity index (χ2v) is 7.33. The van der Waals surface area contributed by atoms with Crippen molar-refractivity contribution in [1.82, 2.24) is 9.80 Å². The third-order valence-electron chi connectivity index (χ3n) is 4.75. The lowest BCUT2D eigenvalue weighted by Crippen LogP contribution is -2.51. The number of hydrogen-bond donors (Lipinski definition) is 0. The van der Waals surface area contributed by atoms with Crippen LogP contribution in [0.2, 0.25) is 0 Å². The number of aryl methyl sites for hydroxylation is 1. The summed E-state index contributed by atoms with van der Waals surface area (Å²) in [5.41, 5.74) is 2.47. The molecule has 1 aliphatic heterocycles. The standard InChI is InChI=1S/C20H31N3O2/c1-16(2)8-9-23(18(4)24)15-20(25)22-12-10-21(11-13-22)19-7-5-6-17(3)14-19/h5-7,14,16H,8-13,15H2,1-4H3. The first-order valence-corrected chi connectivity index (χ1v) is 9.21. The van der Waals surface area contributed by atoms with Crippen molar-refractivity contribution in [2.75, 3.05) is 44.2 Å². The minimum atomic E-state index is -0.0209. The molecule has 0 radical (unpaired) electrons. The van der Waals surface area contributed by atoms with Crippen molar-refractivity contribution >= 4 is 17.5 Å². The number of amides is 2. The molecule has 138 valence electrons. The lowest BCUT2D eigenvalue weighted by Gasteiger charge is -2.37. The fraction of sp³-hybridized carbons (Fsp3) is 0.600. The van der Waals surface area contributed by atoms with Gasteiger partial charge in [-0.2, -0.15) is 0 Å². The lowest BCUT2D eigenvalue weighted by molar-refractivity contribution is -0.139. The van der Waals surface area contributed by atoms with Crippen molar-refractivity contribution in [3.8, 4) is 0 Å². The SMILES string of the molecule is CC(=O)N(CCC(C)C)CC(=O)N1CCN(c2cccc(C)c2)CC1. The van der Waals surface area contributed by atoms with Gasteiger partial charge < -0.3 is 14.7 Å². The molecule has 1 fully saturated rings. The number of benzene rings is 1. The van der Waals surface area contributed by atoms with Crippen LogP contribution in [-0.4, -0.2) is 60.9 Å². The van der Waals surface area contributed by atoms with Gasteiger partial charge in [-0.05, 0) is 37.0 Å². The highest BCUT2D eigenvalue weighted by Crippen LogP contribution is 2.18. The fourth-order valence-electron chi connectivity index (χ4n) is 3.06. The third-order valence-corrected chi connectivity index (χ3v) is 4.75. The van der Waals surface area contributed by atoms with Gasteiger partial charge in [-0.1, -0.05) is 26.0 Å². The van der Waals surface area contributed by atoms with Crippen LogP contribution < -0.4 is 4.90 Å². The van der Waals surface area contributed by atoms with Gasteiger partial charge in [0.25, 0.3) is 0 Å². The molecule has 2 rings (SSSR count). The highest BCUT2D eigenvalue weighted by Gasteiger charge is 2.23. The minimum absolute atomic E-state index is 0.0209. The van der Waals surface area contributed by atoms with E-state index in [1.54, 1.807) is 11.8 Å². The van der Waals surface area contributed by atoms with Crippen LogP contribution in [0.4, 0.5) is 5.69 Å². The van der Waals surface area contributed by atoms with E-state index in [0.29, 0.717) is 25.6 Å². The van der Waals surface area contributed by atoms with Gasteiger partial charge in [0.05, 0.1) is 6.54 Å². The van der Waals surface area contributed by atoms with Crippen LogP contribution in [0.1, 0.15) is 32.8 Å². The summed E-state index contributed by atoms with van der Waals surface area (Å²) >= 11 is 0. The van der Waals surface area contributed by atoms with Crippen molar-refractivity contribution in [3.63, 3.8) is 0 Å². The molecular weight excluding hydrogens is 314 g/mol. The number of carbonyl (C=O) groups is 2. The molecule has 0 unspecified atom stereocenters. The second kappa shape index (κ2) is 8.88. The summed E-state index contributed by atoms with van der Waals surface area (Å²) in [6.45, 7) is 11.8. The quantitative estimate of drug-likeness (QED) is 0.796. The van der Waals surface area contributed by atoms with Crippen LogP contribution in [0.3, 0.4) is 0 Å². The van der Waals surface area contributed by atoms with Crippen LogP contribution in [-0.2, 0) is 9.59 Å². The minimum Gasteiger partial charge on any atom is -0.368 e. The summed E-state index contributed by atoms with van der Waals surface area (Å²) in [4.78, 5) is 30.2. The molecule has 2 amide bonds. The Balaban J connectivity index is 1.86. The highest BCUT2D eigenvalue weighted by atomic mass is 16.2. The van der Waals surface area contributed by atoms with Gasteiger partial charge in [-0.25, -0.2) is 0 Å². The van der Waals surface area contributed by atoms with E-state index in [0.717, 1.165) is 19.5 Å². The highest BCUT2D eigenvalue weighted by molar-refractivity contribution is 5.84. The molecule has 0 atom stereocenters. The molecule has 0 aliphatic carbocycles. The predicted molar refractivity (Wildman–Crippen MR) is 102 cm³/mol. The molecule has 1 saturated heterocycles. The topological polar surface area (TPSA) is 43.9 Å². The number of rotatable bonds is 6. The maximum Gasteiger partial charge on any atom is 0.242 e. The molecule has 1 heterocycles. The van der Waals surface area contributed by atoms with Crippen molar-refractivity contribution in [3.05, 3.63) is 29.8 Å². The van der Waals surface area contributed by atoms with E-state index >= 15 is 0 Å². The lowest BCUT2D eigenvalue weighted by atomic mass is 10.1. The summed E-state index contributed by atoms with van der Waals surface area (Å²) in [6, 6.07) is 8.47. The average Bonchev–Trinajstić information content (AvgIpc) is 2.58. The number of hydrogen-bond acceptors (Lipinski definition) is 3. The van der Waals surface area contributed by atoms with Gasteiger partial charge in [-0.3, -0.25) is 9.59 Å². The fourth-order valence-corrected chi connectivity index (χ4v) is 3.06. The first-order chi connectivity index (χ1) is 11.9. The number of anilines is 1. The largest absolute Gasteiger partial charge is 0.368 e. The molecule has 5 nitrogen and oxygen atoms in total. The molecule has 0 spiro atoms. The average molecular weight is 345 g/mol.